The molecule has 2 N–H and O–H groups in total. The zero-order valence-electron chi connectivity index (χ0n) is 30.3. The van der Waals surface area contributed by atoms with Crippen LogP contribution in [0.3, 0.4) is 0 Å². The predicted octanol–water partition coefficient (Wildman–Crippen LogP) is 6.21. The number of alkyl halides is 1. The fourth-order valence-corrected chi connectivity index (χ4v) is 9.54. The van der Waals surface area contributed by atoms with Crippen LogP contribution in [0.2, 0.25) is 0 Å². The van der Waals surface area contributed by atoms with Gasteiger partial charge < -0.3 is 29.7 Å². The number of allylic oxidation sites excluding steroid dienone is 1. The van der Waals surface area contributed by atoms with Gasteiger partial charge in [0.25, 0.3) is 5.91 Å². The number of rotatable bonds is 15. The van der Waals surface area contributed by atoms with Gasteiger partial charge in [-0.15, -0.1) is 13.2 Å². The van der Waals surface area contributed by atoms with E-state index in [1.807, 2.05) is 103 Å². The molecule has 4 aromatic carbocycles. The molecule has 0 aromatic heterocycles. The van der Waals surface area contributed by atoms with Crippen molar-refractivity contribution in [1.29, 1.82) is 0 Å². The van der Waals surface area contributed by atoms with Gasteiger partial charge in [-0.05, 0) is 46.9 Å². The van der Waals surface area contributed by atoms with Crippen molar-refractivity contribution in [2.45, 2.75) is 53.9 Å². The van der Waals surface area contributed by atoms with E-state index in [0.29, 0.717) is 23.2 Å². The second-order valence-electron chi connectivity index (χ2n) is 14.3. The predicted molar refractivity (Wildman–Crippen MR) is 213 cm³/mol. The lowest BCUT2D eigenvalue weighted by molar-refractivity contribution is -0.146. The first kappa shape index (κ1) is 38.2. The summed E-state index contributed by atoms with van der Waals surface area (Å²) in [5, 5.41) is 16.0. The number of amides is 3. The fraction of sp³-hybridized carbons (Fsp3) is 0.318. The summed E-state index contributed by atoms with van der Waals surface area (Å²) in [6.45, 7) is 7.15. The summed E-state index contributed by atoms with van der Waals surface area (Å²) < 4.78 is 12.4. The molecule has 3 aliphatic heterocycles. The smallest absolute Gasteiger partial charge is 0.306 e. The summed E-state index contributed by atoms with van der Waals surface area (Å²) in [6, 6.07) is 29.0. The number of carbonyl (C=O) groups excluding carboxylic acids is 4. The van der Waals surface area contributed by atoms with E-state index in [-0.39, 0.29) is 30.8 Å². The summed E-state index contributed by atoms with van der Waals surface area (Å²) in [5.41, 5.74) is 0.560. The Morgan fingerprint density at radius 2 is 1.64 bits per heavy atom. The number of ether oxygens (including phenoxy) is 2. The molecule has 0 aliphatic carbocycles. The topological polar surface area (TPSA) is 125 Å². The van der Waals surface area contributed by atoms with Crippen LogP contribution in [0.5, 0.6) is 0 Å². The molecule has 3 aliphatic rings. The van der Waals surface area contributed by atoms with E-state index < -0.39 is 72.0 Å². The third kappa shape index (κ3) is 7.12. The maximum atomic E-state index is 15.3. The number of esters is 1. The Morgan fingerprint density at radius 3 is 2.31 bits per heavy atom. The van der Waals surface area contributed by atoms with Crippen LogP contribution in [0.1, 0.15) is 42.5 Å². The van der Waals surface area contributed by atoms with Crippen molar-refractivity contribution in [3.63, 3.8) is 0 Å². The third-order valence-corrected chi connectivity index (χ3v) is 11.9. The lowest BCUT2D eigenvalue weighted by Crippen LogP contribution is -2.57. The second-order valence-corrected chi connectivity index (χ2v) is 15.4. The number of benzene rings is 4. The zero-order chi connectivity index (χ0) is 38.7. The molecule has 3 fully saturated rings. The van der Waals surface area contributed by atoms with Crippen LogP contribution in [0, 0.1) is 11.8 Å². The Hall–Kier alpha value is -5.10. The van der Waals surface area contributed by atoms with Gasteiger partial charge in [0.05, 0.1) is 36.6 Å². The quantitative estimate of drug-likeness (QED) is 0.0833. The van der Waals surface area contributed by atoms with Crippen molar-refractivity contribution in [2.75, 3.05) is 24.7 Å². The Kier molecular flexibility index (Phi) is 11.3. The molecule has 7 rings (SSSR count). The summed E-state index contributed by atoms with van der Waals surface area (Å²) >= 11 is 3.77. The molecule has 10 nitrogen and oxygen atoms in total. The zero-order valence-corrected chi connectivity index (χ0v) is 31.9. The molecule has 8 atom stereocenters. The van der Waals surface area contributed by atoms with Gasteiger partial charge in [-0.2, -0.15) is 0 Å². The molecule has 284 valence electrons. The van der Waals surface area contributed by atoms with Crippen molar-refractivity contribution >= 4 is 56.1 Å². The monoisotopic (exact) mass is 805 g/mol. The standard InChI is InChI=1S/C44H44BrN3O7/c1-3-5-20-36(50)54-27-34(29-15-8-6-9-16-29)46-41(51)37-38-42(52)48(35(26-49)30-17-10-7-11-18-30)40(44(38)25-33(45)39(37)55-44)43(53)47(23-4-2)32-22-21-28-14-12-13-19-31(28)24-32/h3-4,6-19,21-22,24,33-35,37-40,49H,1-2,5,20,23,25-27H2,(H,46,51)/t33?,34-,35-,37+,38-,39+,40+,44-/m1/s1. The number of hydrogen-bond acceptors (Lipinski definition) is 7. The van der Waals surface area contributed by atoms with Gasteiger partial charge in [0.2, 0.25) is 11.8 Å². The highest BCUT2D eigenvalue weighted by Crippen LogP contribution is 2.61. The number of anilines is 1. The van der Waals surface area contributed by atoms with Crippen LogP contribution >= 0.6 is 15.9 Å². The number of aliphatic hydroxyl groups is 1. The summed E-state index contributed by atoms with van der Waals surface area (Å²) in [7, 11) is 0. The number of carbonyl (C=O) groups is 4. The first-order valence-corrected chi connectivity index (χ1v) is 19.5. The lowest BCUT2D eigenvalue weighted by Gasteiger charge is -2.39. The van der Waals surface area contributed by atoms with Gasteiger partial charge in [0.15, 0.2) is 0 Å². The van der Waals surface area contributed by atoms with Crippen LogP contribution in [0.4, 0.5) is 5.69 Å². The van der Waals surface area contributed by atoms with Gasteiger partial charge in [-0.25, -0.2) is 0 Å². The Labute approximate surface area is 328 Å². The molecule has 4 aromatic rings. The molecule has 1 unspecified atom stereocenters. The third-order valence-electron chi connectivity index (χ3n) is 11.1. The number of halogens is 1. The average Bonchev–Trinajstić information content (AvgIpc) is 3.81. The average molecular weight is 807 g/mol. The molecular formula is C44H44BrN3O7. The molecule has 11 heteroatoms. The Morgan fingerprint density at radius 1 is 0.964 bits per heavy atom. The van der Waals surface area contributed by atoms with Crippen molar-refractivity contribution in [3.05, 3.63) is 140 Å². The van der Waals surface area contributed by atoms with E-state index in [9.17, 15) is 14.7 Å². The van der Waals surface area contributed by atoms with Crippen molar-refractivity contribution in [1.82, 2.24) is 10.2 Å². The van der Waals surface area contributed by atoms with Gasteiger partial charge in [-0.1, -0.05) is 119 Å². The second kappa shape index (κ2) is 16.3. The minimum absolute atomic E-state index is 0.123. The lowest BCUT2D eigenvalue weighted by atomic mass is 9.70. The van der Waals surface area contributed by atoms with Gasteiger partial charge in [0.1, 0.15) is 18.2 Å². The highest BCUT2D eigenvalue weighted by atomic mass is 79.9. The largest absolute Gasteiger partial charge is 0.463 e. The molecular weight excluding hydrogens is 762 g/mol. The number of nitrogens with one attached hydrogen (secondary N) is 1. The van der Waals surface area contributed by atoms with E-state index >= 15 is 9.59 Å². The molecule has 3 amide bonds. The highest BCUT2D eigenvalue weighted by molar-refractivity contribution is 9.09. The number of hydrogen-bond donors (Lipinski definition) is 2. The molecule has 2 bridgehead atoms. The van der Waals surface area contributed by atoms with Crippen LogP contribution in [-0.4, -0.2) is 76.0 Å². The minimum Gasteiger partial charge on any atom is -0.463 e. The van der Waals surface area contributed by atoms with E-state index in [2.05, 4.69) is 34.4 Å². The van der Waals surface area contributed by atoms with E-state index in [4.69, 9.17) is 9.47 Å². The first-order valence-electron chi connectivity index (χ1n) is 18.5. The van der Waals surface area contributed by atoms with Crippen LogP contribution in [-0.2, 0) is 28.7 Å². The normalized spacial score (nSPS) is 24.9. The maximum absolute atomic E-state index is 15.3. The van der Waals surface area contributed by atoms with E-state index in [0.717, 1.165) is 10.8 Å². The molecule has 3 heterocycles. The fourth-order valence-electron chi connectivity index (χ4n) is 8.60. The molecule has 0 radical (unpaired) electrons. The Balaban J connectivity index is 1.28. The number of fused-ring (bicyclic) bond motifs is 2. The number of nitrogens with zero attached hydrogens (tertiary/aromatic N) is 2. The first-order chi connectivity index (χ1) is 26.7. The highest BCUT2D eigenvalue weighted by Gasteiger charge is 2.77. The summed E-state index contributed by atoms with van der Waals surface area (Å²) in [5.74, 6) is -3.80. The molecule has 55 heavy (non-hydrogen) atoms. The number of aliphatic hydroxyl groups excluding tert-OH is 1. The SMILES string of the molecule is C=CCCC(=O)OC[C@@H](NC(=O)[C@@H]1[C@H]2O[C@@]3(CC2Br)[C@H](C(=O)N(CC=C)c2ccc4ccccc4c2)N([C@H](CO)c2ccccc2)C(=O)[C@@H]13)c1ccccc1. The van der Waals surface area contributed by atoms with Gasteiger partial charge in [0, 0.05) is 23.5 Å². The van der Waals surface area contributed by atoms with E-state index in [1.165, 1.54) is 4.90 Å². The summed E-state index contributed by atoms with van der Waals surface area (Å²) in [6.07, 6.45) is 3.42. The molecule has 0 saturated carbocycles. The Bertz CT molecular complexity index is 2080. The molecule has 3 saturated heterocycles. The van der Waals surface area contributed by atoms with Gasteiger partial charge >= 0.3 is 5.97 Å². The van der Waals surface area contributed by atoms with Crippen molar-refractivity contribution in [3.8, 4) is 0 Å². The minimum atomic E-state index is -1.41. The molecule has 1 spiro atoms. The summed E-state index contributed by atoms with van der Waals surface area (Å²) in [4.78, 5) is 60.3. The maximum Gasteiger partial charge on any atom is 0.306 e. The van der Waals surface area contributed by atoms with Crippen molar-refractivity contribution in [2.24, 2.45) is 11.8 Å². The van der Waals surface area contributed by atoms with Crippen molar-refractivity contribution < 1.29 is 33.8 Å². The van der Waals surface area contributed by atoms with Crippen LogP contribution in [0.15, 0.2) is 128 Å². The van der Waals surface area contributed by atoms with Gasteiger partial charge in [-0.3, -0.25) is 19.2 Å². The number of likely N-dealkylation sites (tertiary alicyclic amines) is 1. The van der Waals surface area contributed by atoms with E-state index in [1.54, 1.807) is 17.1 Å². The van der Waals surface area contributed by atoms with Crippen LogP contribution < -0.4 is 10.2 Å². The van der Waals surface area contributed by atoms with Crippen LogP contribution in [0.25, 0.3) is 10.8 Å².